The Bertz CT molecular complexity index is 299. The van der Waals surface area contributed by atoms with E-state index in [2.05, 4.69) is 11.4 Å². The molecule has 0 aromatic heterocycles. The van der Waals surface area contributed by atoms with Crippen LogP contribution in [0.3, 0.4) is 0 Å². The zero-order chi connectivity index (χ0) is 7.72. The van der Waals surface area contributed by atoms with Crippen LogP contribution in [0.4, 0.5) is 5.69 Å². The van der Waals surface area contributed by atoms with E-state index in [1.54, 1.807) is 0 Å². The Morgan fingerprint density at radius 3 is 2.18 bits per heavy atom. The van der Waals surface area contributed by atoms with Crippen molar-refractivity contribution in [2.45, 2.75) is 19.9 Å². The smallest absolute Gasteiger partial charge is 0.132 e. The first-order chi connectivity index (χ1) is 4.61. The molecule has 0 atom stereocenters. The fraction of sp³-hybridized carbons (Fsp3) is 0.429. The molecule has 3 nitrogen and oxygen atoms in total. The molecule has 61 valence electrons. The Morgan fingerprint density at radius 1 is 1.36 bits per heavy atom. The van der Waals surface area contributed by atoms with Crippen molar-refractivity contribution < 1.29 is 20.4 Å². The van der Waals surface area contributed by atoms with Gasteiger partial charge in [0, 0.05) is 26.5 Å². The Morgan fingerprint density at radius 2 is 1.91 bits per heavy atom. The Hall–Kier alpha value is -0.458. The van der Waals surface area contributed by atoms with Gasteiger partial charge in [-0.3, -0.25) is 0 Å². The van der Waals surface area contributed by atoms with E-state index in [9.17, 15) is 9.59 Å². The fourth-order valence-electron chi connectivity index (χ4n) is 0.668. The molecule has 0 saturated carbocycles. The minimum Gasteiger partial charge on any atom is -0.401 e. The van der Waals surface area contributed by atoms with Gasteiger partial charge in [0.15, 0.2) is 0 Å². The van der Waals surface area contributed by atoms with Gasteiger partial charge in [0.2, 0.25) is 0 Å². The summed E-state index contributed by atoms with van der Waals surface area (Å²) in [6.45, 7) is 3.79. The molecule has 0 amide bonds. The number of anilines is 1. The van der Waals surface area contributed by atoms with Crippen molar-refractivity contribution in [3.8, 4) is 0 Å². The van der Waals surface area contributed by atoms with Crippen LogP contribution >= 0.6 is 0 Å². The van der Waals surface area contributed by atoms with Crippen LogP contribution in [-0.4, -0.2) is 6.04 Å². The maximum Gasteiger partial charge on any atom is 0.132 e. The molecule has 0 bridgehead atoms. The van der Waals surface area contributed by atoms with E-state index in [0.29, 0.717) is 5.69 Å². The molecule has 0 aliphatic heterocycles. The van der Waals surface area contributed by atoms with Gasteiger partial charge in [0.1, 0.15) is 10.9 Å². The average Bonchev–Trinajstić information content (AvgIpc) is 1.86. The van der Waals surface area contributed by atoms with Crippen molar-refractivity contribution in [2.75, 3.05) is 5.32 Å². The van der Waals surface area contributed by atoms with E-state index in [-0.39, 0.29) is 26.5 Å². The van der Waals surface area contributed by atoms with Gasteiger partial charge in [-0.1, -0.05) is 0 Å². The summed E-state index contributed by atoms with van der Waals surface area (Å²) in [5.41, 5.74) is -0.656. The number of hydrogen-bond donors (Lipinski definition) is 1. The zero-order valence-electron chi connectivity index (χ0n) is 6.27. The van der Waals surface area contributed by atoms with Crippen molar-refractivity contribution in [1.82, 2.24) is 0 Å². The molecule has 0 saturated heterocycles. The predicted molar refractivity (Wildman–Crippen MR) is 38.9 cm³/mol. The molecule has 1 N–H and O–H groups in total. The zero-order valence-corrected chi connectivity index (χ0v) is 8.99. The van der Waals surface area contributed by atoms with Gasteiger partial charge in [-0.25, -0.2) is 0 Å². The SMILES string of the molecule is CC(C)Nc1[c-]c(=O)c1=O.[Re]. The van der Waals surface area contributed by atoms with E-state index in [4.69, 9.17) is 0 Å². The number of hydrogen-bond acceptors (Lipinski definition) is 3. The predicted octanol–water partition coefficient (Wildman–Crippen LogP) is -0.0994. The van der Waals surface area contributed by atoms with E-state index < -0.39 is 10.9 Å². The maximum atomic E-state index is 10.6. The van der Waals surface area contributed by atoms with Gasteiger partial charge in [-0.2, -0.15) is 0 Å². The second-order valence-corrected chi connectivity index (χ2v) is 2.46. The van der Waals surface area contributed by atoms with Gasteiger partial charge in [0.25, 0.3) is 0 Å². The van der Waals surface area contributed by atoms with Crippen molar-refractivity contribution in [2.24, 2.45) is 0 Å². The fourth-order valence-corrected chi connectivity index (χ4v) is 0.668. The third kappa shape index (κ3) is 2.25. The molecule has 1 aromatic carbocycles. The van der Waals surface area contributed by atoms with Crippen LogP contribution in [0.5, 0.6) is 0 Å². The monoisotopic (exact) mass is 325 g/mol. The first-order valence-electron chi connectivity index (χ1n) is 3.10. The Kier molecular flexibility index (Phi) is 3.64. The molecule has 0 aliphatic carbocycles. The molecule has 1 aromatic rings. The van der Waals surface area contributed by atoms with E-state index in [1.165, 1.54) is 0 Å². The van der Waals surface area contributed by atoms with Crippen molar-refractivity contribution in [1.29, 1.82) is 0 Å². The van der Waals surface area contributed by atoms with Gasteiger partial charge >= 0.3 is 0 Å². The van der Waals surface area contributed by atoms with Crippen LogP contribution in [0.25, 0.3) is 0 Å². The molecular formula is C7H8NO2Re-. The van der Waals surface area contributed by atoms with Crippen LogP contribution in [0.15, 0.2) is 9.59 Å². The largest absolute Gasteiger partial charge is 0.401 e. The van der Waals surface area contributed by atoms with Crippen LogP contribution in [0.1, 0.15) is 13.8 Å². The summed E-state index contributed by atoms with van der Waals surface area (Å²) >= 11 is 0. The molecule has 0 aliphatic rings. The summed E-state index contributed by atoms with van der Waals surface area (Å²) in [7, 11) is 0. The summed E-state index contributed by atoms with van der Waals surface area (Å²) in [6.07, 6.45) is 0. The van der Waals surface area contributed by atoms with Crippen LogP contribution in [0.2, 0.25) is 0 Å². The second kappa shape index (κ2) is 3.80. The molecule has 11 heavy (non-hydrogen) atoms. The standard InChI is InChI=1S/C7H8NO2.Re/c1-4(2)8-5-3-6(9)7(5)10;/h4,8H,1-2H3;/q-1;. The van der Waals surface area contributed by atoms with Crippen LogP contribution in [0, 0.1) is 6.07 Å². The summed E-state index contributed by atoms with van der Waals surface area (Å²) in [5, 5.41) is 2.79. The average molecular weight is 324 g/mol. The van der Waals surface area contributed by atoms with E-state index in [1.807, 2.05) is 13.8 Å². The topological polar surface area (TPSA) is 46.2 Å². The summed E-state index contributed by atoms with van der Waals surface area (Å²) in [4.78, 5) is 20.9. The minimum absolute atomic E-state index is 0. The van der Waals surface area contributed by atoms with Gasteiger partial charge in [-0.05, 0) is 19.5 Å². The molecule has 1 rings (SSSR count). The van der Waals surface area contributed by atoms with E-state index >= 15 is 0 Å². The second-order valence-electron chi connectivity index (χ2n) is 2.46. The third-order valence-electron chi connectivity index (χ3n) is 1.10. The summed E-state index contributed by atoms with van der Waals surface area (Å²) in [6, 6.07) is 2.52. The minimum atomic E-state index is -0.525. The van der Waals surface area contributed by atoms with Crippen molar-refractivity contribution in [3.05, 3.63) is 26.5 Å². The van der Waals surface area contributed by atoms with Crippen molar-refractivity contribution in [3.63, 3.8) is 0 Å². The summed E-state index contributed by atoms with van der Waals surface area (Å²) < 4.78 is 0. The molecule has 1 radical (unpaired) electrons. The van der Waals surface area contributed by atoms with Gasteiger partial charge < -0.3 is 14.9 Å². The number of rotatable bonds is 2. The molecule has 0 heterocycles. The molecule has 0 unspecified atom stereocenters. The van der Waals surface area contributed by atoms with Gasteiger partial charge in [-0.15, -0.1) is 6.07 Å². The number of nitrogens with one attached hydrogen (secondary N) is 1. The molecule has 4 heteroatoms. The molecule has 0 fully saturated rings. The van der Waals surface area contributed by atoms with Crippen LogP contribution < -0.4 is 16.2 Å². The van der Waals surface area contributed by atoms with Crippen LogP contribution in [-0.2, 0) is 20.4 Å². The quantitative estimate of drug-likeness (QED) is 0.610. The van der Waals surface area contributed by atoms with Crippen molar-refractivity contribution >= 4 is 5.69 Å². The molecule has 0 spiro atoms. The third-order valence-corrected chi connectivity index (χ3v) is 1.10. The normalized spacial score (nSPS) is 9.73. The maximum absolute atomic E-state index is 10.6. The van der Waals surface area contributed by atoms with E-state index in [0.717, 1.165) is 0 Å². The molecular weight excluding hydrogens is 316 g/mol. The first kappa shape index (κ1) is 10.5. The summed E-state index contributed by atoms with van der Waals surface area (Å²) in [5.74, 6) is 0. The van der Waals surface area contributed by atoms with Gasteiger partial charge in [0.05, 0.1) is 0 Å². The Labute approximate surface area is 78.2 Å². The Balaban J connectivity index is 0.000001000. The first-order valence-corrected chi connectivity index (χ1v) is 3.10.